The number of nitrogens with zero attached hydrogens (tertiary/aromatic N) is 2. The van der Waals surface area contributed by atoms with E-state index < -0.39 is 5.60 Å². The number of piperidine rings is 1. The molecule has 3 rings (SSSR count). The summed E-state index contributed by atoms with van der Waals surface area (Å²) in [5.74, 6) is 5.30. The van der Waals surface area contributed by atoms with E-state index in [1.54, 1.807) is 23.2 Å². The summed E-state index contributed by atoms with van der Waals surface area (Å²) in [7, 11) is 0. The molecule has 0 radical (unpaired) electrons. The molecular weight excluding hydrogens is 380 g/mol. The monoisotopic (exact) mass is 410 g/mol. The van der Waals surface area contributed by atoms with Gasteiger partial charge in [0.2, 0.25) is 0 Å². The minimum atomic E-state index is -0.485. The molecule has 0 aliphatic carbocycles. The van der Waals surface area contributed by atoms with E-state index in [0.717, 1.165) is 29.7 Å². The number of likely N-dealkylation sites (tertiary alicyclic amines) is 1. The summed E-state index contributed by atoms with van der Waals surface area (Å²) in [6.07, 6.45) is 3.30. The average molecular weight is 411 g/mol. The van der Waals surface area contributed by atoms with Gasteiger partial charge in [0.15, 0.2) is 0 Å². The predicted molar refractivity (Wildman–Crippen MR) is 116 cm³/mol. The van der Waals surface area contributed by atoms with Crippen molar-refractivity contribution in [2.24, 2.45) is 5.84 Å². The summed E-state index contributed by atoms with van der Waals surface area (Å²) in [5, 5.41) is 0. The lowest BCUT2D eigenvalue weighted by molar-refractivity contribution is 0.0204. The summed E-state index contributed by atoms with van der Waals surface area (Å²) < 4.78 is 5.48. The van der Waals surface area contributed by atoms with E-state index in [9.17, 15) is 9.59 Å². The third-order valence-corrected chi connectivity index (χ3v) is 5.17. The van der Waals surface area contributed by atoms with E-state index in [-0.39, 0.29) is 12.0 Å². The van der Waals surface area contributed by atoms with Gasteiger partial charge in [-0.05, 0) is 87.9 Å². The summed E-state index contributed by atoms with van der Waals surface area (Å²) >= 11 is 0. The number of hydrogen-bond donors (Lipinski definition) is 2. The second kappa shape index (κ2) is 8.83. The molecule has 0 bridgehead atoms. The number of ether oxygens (including phenoxy) is 1. The van der Waals surface area contributed by atoms with Crippen LogP contribution in [0.1, 0.15) is 61.0 Å². The van der Waals surface area contributed by atoms with E-state index in [1.165, 1.54) is 5.56 Å². The van der Waals surface area contributed by atoms with Crippen LogP contribution in [0, 0.1) is 6.92 Å². The zero-order chi connectivity index (χ0) is 21.9. The molecule has 1 saturated heterocycles. The molecule has 0 unspecified atom stereocenters. The van der Waals surface area contributed by atoms with Crippen LogP contribution in [0.4, 0.5) is 4.79 Å². The molecular formula is C23H30N4O3. The first-order chi connectivity index (χ1) is 14.2. The van der Waals surface area contributed by atoms with Gasteiger partial charge in [0.05, 0.1) is 5.69 Å². The number of nitrogens with two attached hydrogens (primary N) is 1. The Kier molecular flexibility index (Phi) is 6.41. The highest BCUT2D eigenvalue weighted by Gasteiger charge is 2.27. The van der Waals surface area contributed by atoms with E-state index in [2.05, 4.69) is 16.5 Å². The highest BCUT2D eigenvalue weighted by molar-refractivity contribution is 5.95. The fraction of sp³-hybridized carbons (Fsp3) is 0.435. The van der Waals surface area contributed by atoms with Gasteiger partial charge >= 0.3 is 6.09 Å². The standard InChI is InChI=1S/C23H30N4O3/c1-15-11-18(13-19(12-15)21(28)26-24)20-14-17(5-8-25-20)16-6-9-27(10-7-16)22(29)30-23(2,3)4/h5,8,11-14,16H,6-7,9-10,24H2,1-4H3,(H,26,28). The second-order valence-corrected chi connectivity index (χ2v) is 8.78. The lowest BCUT2D eigenvalue weighted by Gasteiger charge is -2.33. The number of carbonyl (C=O) groups excluding carboxylic acids is 2. The molecule has 2 heterocycles. The van der Waals surface area contributed by atoms with Crippen LogP contribution in [0.2, 0.25) is 0 Å². The summed E-state index contributed by atoms with van der Waals surface area (Å²) in [6.45, 7) is 8.91. The fourth-order valence-corrected chi connectivity index (χ4v) is 3.73. The highest BCUT2D eigenvalue weighted by atomic mass is 16.6. The number of carbonyl (C=O) groups is 2. The van der Waals surface area contributed by atoms with Crippen LogP contribution in [0.5, 0.6) is 0 Å². The fourth-order valence-electron chi connectivity index (χ4n) is 3.73. The number of pyridine rings is 1. The molecule has 160 valence electrons. The summed E-state index contributed by atoms with van der Waals surface area (Å²) in [6, 6.07) is 9.70. The maximum absolute atomic E-state index is 12.3. The molecule has 2 aromatic rings. The Balaban J connectivity index is 1.74. The first kappa shape index (κ1) is 21.8. The van der Waals surface area contributed by atoms with Crippen LogP contribution in [-0.4, -0.2) is 40.6 Å². The van der Waals surface area contributed by atoms with Gasteiger partial charge in [0, 0.05) is 30.4 Å². The van der Waals surface area contributed by atoms with Gasteiger partial charge in [-0.2, -0.15) is 0 Å². The zero-order valence-electron chi connectivity index (χ0n) is 18.1. The van der Waals surface area contributed by atoms with Crippen molar-refractivity contribution in [1.82, 2.24) is 15.3 Å². The number of hydrogen-bond acceptors (Lipinski definition) is 5. The van der Waals surface area contributed by atoms with Crippen LogP contribution in [0.3, 0.4) is 0 Å². The molecule has 7 heteroatoms. The topological polar surface area (TPSA) is 97.6 Å². The van der Waals surface area contributed by atoms with Crippen molar-refractivity contribution in [2.75, 3.05) is 13.1 Å². The molecule has 0 spiro atoms. The van der Waals surface area contributed by atoms with Crippen molar-refractivity contribution in [1.29, 1.82) is 0 Å². The maximum Gasteiger partial charge on any atom is 0.410 e. The number of aromatic nitrogens is 1. The second-order valence-electron chi connectivity index (χ2n) is 8.78. The minimum absolute atomic E-state index is 0.248. The van der Waals surface area contributed by atoms with E-state index in [1.807, 2.05) is 39.8 Å². The Labute approximate surface area is 177 Å². The SMILES string of the molecule is Cc1cc(C(=O)NN)cc(-c2cc(C3CCN(C(=O)OC(C)(C)C)CC3)ccn2)c1. The molecule has 3 N–H and O–H groups in total. The molecule has 0 saturated carbocycles. The smallest absolute Gasteiger partial charge is 0.410 e. The van der Waals surface area contributed by atoms with Gasteiger partial charge in [-0.25, -0.2) is 10.6 Å². The Hall–Kier alpha value is -2.93. The van der Waals surface area contributed by atoms with Gasteiger partial charge in [-0.1, -0.05) is 0 Å². The van der Waals surface area contributed by atoms with E-state index >= 15 is 0 Å². The van der Waals surface area contributed by atoms with Crippen LogP contribution in [0.25, 0.3) is 11.3 Å². The number of hydrazine groups is 1. The van der Waals surface area contributed by atoms with E-state index in [0.29, 0.717) is 24.6 Å². The Morgan fingerprint density at radius 1 is 1.17 bits per heavy atom. The van der Waals surface area contributed by atoms with E-state index in [4.69, 9.17) is 10.6 Å². The number of nitrogen functional groups attached to an aromatic ring is 1. The van der Waals surface area contributed by atoms with Gasteiger partial charge in [-0.15, -0.1) is 0 Å². The lowest BCUT2D eigenvalue weighted by atomic mass is 9.89. The third kappa shape index (κ3) is 5.36. The Morgan fingerprint density at radius 2 is 1.87 bits per heavy atom. The van der Waals surface area contributed by atoms with Crippen molar-refractivity contribution in [2.45, 2.75) is 52.1 Å². The van der Waals surface area contributed by atoms with Crippen LogP contribution < -0.4 is 11.3 Å². The van der Waals surface area contributed by atoms with Crippen molar-refractivity contribution < 1.29 is 14.3 Å². The molecule has 1 aliphatic rings. The maximum atomic E-state index is 12.3. The number of aryl methyl sites for hydroxylation is 1. The van der Waals surface area contributed by atoms with Crippen molar-refractivity contribution >= 4 is 12.0 Å². The predicted octanol–water partition coefficient (Wildman–Crippen LogP) is 3.78. The highest BCUT2D eigenvalue weighted by Crippen LogP contribution is 2.31. The molecule has 1 aromatic carbocycles. The van der Waals surface area contributed by atoms with Gasteiger partial charge in [0.1, 0.15) is 5.60 Å². The molecule has 2 amide bonds. The molecule has 1 fully saturated rings. The lowest BCUT2D eigenvalue weighted by Crippen LogP contribution is -2.41. The van der Waals surface area contributed by atoms with Crippen molar-refractivity contribution in [3.8, 4) is 11.3 Å². The zero-order valence-corrected chi connectivity index (χ0v) is 18.1. The van der Waals surface area contributed by atoms with Crippen molar-refractivity contribution in [3.05, 3.63) is 53.2 Å². The molecule has 1 aliphatic heterocycles. The number of rotatable bonds is 3. The third-order valence-electron chi connectivity index (χ3n) is 5.17. The number of amides is 2. The first-order valence-electron chi connectivity index (χ1n) is 10.2. The van der Waals surface area contributed by atoms with Gasteiger partial charge in [0.25, 0.3) is 5.91 Å². The molecule has 30 heavy (non-hydrogen) atoms. The Bertz CT molecular complexity index is 928. The van der Waals surface area contributed by atoms with Crippen LogP contribution >= 0.6 is 0 Å². The minimum Gasteiger partial charge on any atom is -0.444 e. The normalized spacial score (nSPS) is 15.0. The first-order valence-corrected chi connectivity index (χ1v) is 10.2. The van der Waals surface area contributed by atoms with Crippen LogP contribution in [-0.2, 0) is 4.74 Å². The average Bonchev–Trinajstić information content (AvgIpc) is 2.71. The van der Waals surface area contributed by atoms with Gasteiger partial charge < -0.3 is 9.64 Å². The summed E-state index contributed by atoms with van der Waals surface area (Å²) in [4.78, 5) is 30.5. The molecule has 1 aromatic heterocycles. The summed E-state index contributed by atoms with van der Waals surface area (Å²) in [5.41, 5.74) is 6.04. The number of benzene rings is 1. The largest absolute Gasteiger partial charge is 0.444 e. The Morgan fingerprint density at radius 3 is 2.50 bits per heavy atom. The molecule has 0 atom stereocenters. The van der Waals surface area contributed by atoms with Crippen molar-refractivity contribution in [3.63, 3.8) is 0 Å². The van der Waals surface area contributed by atoms with Crippen LogP contribution in [0.15, 0.2) is 36.5 Å². The number of nitrogens with one attached hydrogen (secondary N) is 1. The van der Waals surface area contributed by atoms with Gasteiger partial charge in [-0.3, -0.25) is 15.2 Å². The molecule has 7 nitrogen and oxygen atoms in total. The quantitative estimate of drug-likeness (QED) is 0.456.